The standard InChI is InChI=1S/C52H33N3/c1-2-16-41(17-3-1)55-49-23-9-8-20-44(49)45-29-28-39(32-50(45)55)35-26-24-34(25-27-35)36-12-10-13-37(30-36)38-14-11-15-40(31-38)48-33-53-51-46-21-6-4-18-42(46)43-19-5-7-22-47(43)52(51)54-48/h1-33H. The number of para-hydroxylation sites is 2. The Morgan fingerprint density at radius 3 is 1.49 bits per heavy atom. The molecule has 0 N–H and O–H groups in total. The summed E-state index contributed by atoms with van der Waals surface area (Å²) in [6.45, 7) is 0. The second-order valence-electron chi connectivity index (χ2n) is 14.2. The first-order valence-electron chi connectivity index (χ1n) is 18.7. The number of rotatable bonds is 5. The van der Waals surface area contributed by atoms with Gasteiger partial charge in [0.1, 0.15) is 0 Å². The van der Waals surface area contributed by atoms with Gasteiger partial charge in [-0.3, -0.25) is 4.98 Å². The zero-order valence-corrected chi connectivity index (χ0v) is 29.9. The van der Waals surface area contributed by atoms with Crippen LogP contribution in [0.4, 0.5) is 0 Å². The monoisotopic (exact) mass is 699 g/mol. The van der Waals surface area contributed by atoms with Gasteiger partial charge in [-0.1, -0.05) is 158 Å². The van der Waals surface area contributed by atoms with Gasteiger partial charge < -0.3 is 4.57 Å². The molecule has 256 valence electrons. The molecule has 0 atom stereocenters. The van der Waals surface area contributed by atoms with Crippen molar-refractivity contribution in [2.45, 2.75) is 0 Å². The number of aromatic nitrogens is 3. The summed E-state index contributed by atoms with van der Waals surface area (Å²) in [6.07, 6.45) is 1.92. The quantitative estimate of drug-likeness (QED) is 0.167. The minimum absolute atomic E-state index is 0.865. The molecule has 9 aromatic carbocycles. The van der Waals surface area contributed by atoms with E-state index in [9.17, 15) is 0 Å². The Morgan fingerprint density at radius 1 is 0.309 bits per heavy atom. The van der Waals surface area contributed by atoms with Crippen LogP contribution >= 0.6 is 0 Å². The van der Waals surface area contributed by atoms with Gasteiger partial charge in [-0.15, -0.1) is 0 Å². The highest BCUT2D eigenvalue weighted by atomic mass is 15.0. The summed E-state index contributed by atoms with van der Waals surface area (Å²) in [5.74, 6) is 0. The van der Waals surface area contributed by atoms with Crippen molar-refractivity contribution in [1.82, 2.24) is 14.5 Å². The van der Waals surface area contributed by atoms with E-state index < -0.39 is 0 Å². The normalized spacial score (nSPS) is 11.6. The molecule has 0 aliphatic heterocycles. The van der Waals surface area contributed by atoms with Gasteiger partial charge in [0.05, 0.1) is 34.0 Å². The van der Waals surface area contributed by atoms with Gasteiger partial charge >= 0.3 is 0 Å². The summed E-state index contributed by atoms with van der Waals surface area (Å²) in [7, 11) is 0. The fraction of sp³-hybridized carbons (Fsp3) is 0. The van der Waals surface area contributed by atoms with Gasteiger partial charge in [0.15, 0.2) is 0 Å². The second kappa shape index (κ2) is 12.6. The lowest BCUT2D eigenvalue weighted by molar-refractivity contribution is 1.18. The second-order valence-corrected chi connectivity index (χ2v) is 14.2. The molecule has 3 nitrogen and oxygen atoms in total. The van der Waals surface area contributed by atoms with Crippen molar-refractivity contribution < 1.29 is 0 Å². The smallest absolute Gasteiger partial charge is 0.0979 e. The summed E-state index contributed by atoms with van der Waals surface area (Å²) < 4.78 is 2.37. The lowest BCUT2D eigenvalue weighted by atomic mass is 9.96. The van der Waals surface area contributed by atoms with Crippen LogP contribution in [0.5, 0.6) is 0 Å². The van der Waals surface area contributed by atoms with Crippen molar-refractivity contribution in [1.29, 1.82) is 0 Å². The maximum Gasteiger partial charge on any atom is 0.0979 e. The molecule has 55 heavy (non-hydrogen) atoms. The van der Waals surface area contributed by atoms with Crippen LogP contribution in [0.1, 0.15) is 0 Å². The Kier molecular flexibility index (Phi) is 7.17. The molecular formula is C52H33N3. The molecule has 2 aromatic heterocycles. The summed E-state index contributed by atoms with van der Waals surface area (Å²) in [5, 5.41) is 7.17. The molecule has 2 heterocycles. The third kappa shape index (κ3) is 5.20. The summed E-state index contributed by atoms with van der Waals surface area (Å²) in [4.78, 5) is 10.2. The Balaban J connectivity index is 0.929. The fourth-order valence-corrected chi connectivity index (χ4v) is 8.36. The van der Waals surface area contributed by atoms with E-state index in [1.807, 2.05) is 6.20 Å². The number of hydrogen-bond donors (Lipinski definition) is 0. The minimum Gasteiger partial charge on any atom is -0.309 e. The third-order valence-corrected chi connectivity index (χ3v) is 11.0. The summed E-state index contributed by atoms with van der Waals surface area (Å²) in [6, 6.07) is 69.5. The van der Waals surface area contributed by atoms with Crippen LogP contribution < -0.4 is 0 Å². The molecule has 11 rings (SSSR count). The Labute approximate surface area is 318 Å². The molecule has 11 aromatic rings. The highest BCUT2D eigenvalue weighted by Gasteiger charge is 2.15. The van der Waals surface area contributed by atoms with Crippen LogP contribution in [0.25, 0.3) is 105 Å². The largest absolute Gasteiger partial charge is 0.309 e. The topological polar surface area (TPSA) is 30.7 Å². The predicted molar refractivity (Wildman–Crippen MR) is 231 cm³/mol. The van der Waals surface area contributed by atoms with Crippen molar-refractivity contribution in [3.8, 4) is 50.3 Å². The number of hydrogen-bond acceptors (Lipinski definition) is 2. The van der Waals surface area contributed by atoms with Crippen LogP contribution in [-0.4, -0.2) is 14.5 Å². The van der Waals surface area contributed by atoms with Crippen LogP contribution in [0.3, 0.4) is 0 Å². The zero-order chi connectivity index (χ0) is 36.3. The SMILES string of the molecule is c1ccc(-n2c3ccccc3c3ccc(-c4ccc(-c5cccc(-c6cccc(-c7cnc8c9ccccc9c9ccccc9c8n7)c6)c5)cc4)cc32)cc1. The van der Waals surface area contributed by atoms with E-state index in [-0.39, 0.29) is 0 Å². The van der Waals surface area contributed by atoms with Crippen LogP contribution in [0, 0.1) is 0 Å². The molecular weight excluding hydrogens is 667 g/mol. The summed E-state index contributed by atoms with van der Waals surface area (Å²) >= 11 is 0. The average molecular weight is 700 g/mol. The van der Waals surface area contributed by atoms with Gasteiger partial charge in [-0.2, -0.15) is 0 Å². The van der Waals surface area contributed by atoms with Crippen LogP contribution in [0.2, 0.25) is 0 Å². The van der Waals surface area contributed by atoms with E-state index in [0.717, 1.165) is 44.2 Å². The molecule has 0 aliphatic carbocycles. The van der Waals surface area contributed by atoms with E-state index in [4.69, 9.17) is 9.97 Å². The maximum absolute atomic E-state index is 5.24. The molecule has 0 unspecified atom stereocenters. The fourth-order valence-electron chi connectivity index (χ4n) is 8.36. The molecule has 0 bridgehead atoms. The van der Waals surface area contributed by atoms with Crippen molar-refractivity contribution in [2.24, 2.45) is 0 Å². The molecule has 0 fully saturated rings. The average Bonchev–Trinajstić information content (AvgIpc) is 3.60. The molecule has 0 radical (unpaired) electrons. The zero-order valence-electron chi connectivity index (χ0n) is 29.9. The maximum atomic E-state index is 5.24. The van der Waals surface area contributed by atoms with E-state index in [0.29, 0.717) is 0 Å². The van der Waals surface area contributed by atoms with Crippen molar-refractivity contribution >= 4 is 54.4 Å². The predicted octanol–water partition coefficient (Wildman–Crippen LogP) is 13.7. The Morgan fingerprint density at radius 2 is 0.800 bits per heavy atom. The van der Waals surface area contributed by atoms with E-state index in [2.05, 4.69) is 199 Å². The molecule has 0 saturated heterocycles. The van der Waals surface area contributed by atoms with Crippen LogP contribution in [-0.2, 0) is 0 Å². The molecule has 3 heteroatoms. The molecule has 0 amide bonds. The van der Waals surface area contributed by atoms with Gasteiger partial charge in [0.25, 0.3) is 0 Å². The van der Waals surface area contributed by atoms with Crippen LogP contribution in [0.15, 0.2) is 200 Å². The number of benzene rings is 9. The Bertz CT molecular complexity index is 3210. The lowest BCUT2D eigenvalue weighted by Gasteiger charge is -2.11. The first-order chi connectivity index (χ1) is 27.3. The first kappa shape index (κ1) is 31.2. The molecule has 0 saturated carbocycles. The number of fused-ring (bicyclic) bond motifs is 9. The number of nitrogens with zero attached hydrogens (tertiary/aromatic N) is 3. The molecule has 0 aliphatic rings. The first-order valence-corrected chi connectivity index (χ1v) is 18.7. The minimum atomic E-state index is 0.865. The van der Waals surface area contributed by atoms with Crippen molar-refractivity contribution in [3.05, 3.63) is 200 Å². The molecule has 0 spiro atoms. The van der Waals surface area contributed by atoms with Gasteiger partial charge in [0, 0.05) is 32.8 Å². The lowest BCUT2D eigenvalue weighted by Crippen LogP contribution is -1.93. The van der Waals surface area contributed by atoms with E-state index in [1.165, 1.54) is 60.5 Å². The van der Waals surface area contributed by atoms with Gasteiger partial charge in [0.2, 0.25) is 0 Å². The van der Waals surface area contributed by atoms with Gasteiger partial charge in [-0.05, 0) is 80.6 Å². The van der Waals surface area contributed by atoms with Crippen molar-refractivity contribution in [2.75, 3.05) is 0 Å². The van der Waals surface area contributed by atoms with Crippen molar-refractivity contribution in [3.63, 3.8) is 0 Å². The highest BCUT2D eigenvalue weighted by molar-refractivity contribution is 6.23. The summed E-state index contributed by atoms with van der Waals surface area (Å²) in [5.41, 5.74) is 14.4. The van der Waals surface area contributed by atoms with E-state index in [1.54, 1.807) is 0 Å². The Hall–Kier alpha value is -7.36. The highest BCUT2D eigenvalue weighted by Crippen LogP contribution is 2.37. The van der Waals surface area contributed by atoms with Gasteiger partial charge in [-0.25, -0.2) is 4.98 Å². The third-order valence-electron chi connectivity index (χ3n) is 11.0. The van der Waals surface area contributed by atoms with E-state index >= 15 is 0 Å².